The molecule has 7 heteroatoms. The normalized spacial score (nSPS) is 11.5. The van der Waals surface area contributed by atoms with Gasteiger partial charge in [-0.2, -0.15) is 0 Å². The van der Waals surface area contributed by atoms with Crippen molar-refractivity contribution in [1.29, 1.82) is 0 Å². The van der Waals surface area contributed by atoms with E-state index in [4.69, 9.17) is 0 Å². The number of halogens is 5. The monoisotopic (exact) mass is 273 g/mol. The molecule has 0 aliphatic rings. The molecule has 1 heterocycles. The molecule has 0 atom stereocenters. The Morgan fingerprint density at radius 2 is 2.07 bits per heavy atom. The van der Waals surface area contributed by atoms with Crippen LogP contribution in [0.1, 0.15) is 5.56 Å². The SMILES string of the molecule is FCc1cc(OC(F)(F)F)ncc1Br. The fraction of sp³-hybridized carbons (Fsp3) is 0.286. The van der Waals surface area contributed by atoms with Gasteiger partial charge in [0.15, 0.2) is 0 Å². The van der Waals surface area contributed by atoms with Gasteiger partial charge in [-0.25, -0.2) is 9.37 Å². The first-order chi connectivity index (χ1) is 6.42. The number of hydrogen-bond acceptors (Lipinski definition) is 2. The Hall–Kier alpha value is -0.850. The Bertz CT molecular complexity index is 328. The van der Waals surface area contributed by atoms with Crippen LogP contribution in [-0.4, -0.2) is 11.3 Å². The summed E-state index contributed by atoms with van der Waals surface area (Å²) in [7, 11) is 0. The first kappa shape index (κ1) is 11.2. The summed E-state index contributed by atoms with van der Waals surface area (Å²) in [5, 5.41) is 0. The summed E-state index contributed by atoms with van der Waals surface area (Å²) in [6, 6.07) is 0.886. The van der Waals surface area contributed by atoms with E-state index in [0.717, 1.165) is 12.3 Å². The van der Waals surface area contributed by atoms with E-state index < -0.39 is 18.9 Å². The minimum Gasteiger partial charge on any atom is -0.388 e. The number of ether oxygens (including phenoxy) is 1. The van der Waals surface area contributed by atoms with Crippen LogP contribution in [0.4, 0.5) is 17.6 Å². The lowest BCUT2D eigenvalue weighted by molar-refractivity contribution is -0.276. The maximum atomic E-state index is 12.2. The van der Waals surface area contributed by atoms with E-state index >= 15 is 0 Å². The first-order valence-corrected chi connectivity index (χ1v) is 4.18. The van der Waals surface area contributed by atoms with Gasteiger partial charge in [-0.1, -0.05) is 0 Å². The lowest BCUT2D eigenvalue weighted by Gasteiger charge is -2.08. The molecule has 0 spiro atoms. The number of pyridine rings is 1. The zero-order valence-electron chi connectivity index (χ0n) is 6.61. The van der Waals surface area contributed by atoms with Crippen LogP contribution >= 0.6 is 15.9 Å². The zero-order valence-corrected chi connectivity index (χ0v) is 8.19. The minimum atomic E-state index is -4.81. The Kier molecular flexibility index (Phi) is 3.30. The van der Waals surface area contributed by atoms with Crippen molar-refractivity contribution in [1.82, 2.24) is 4.98 Å². The fourth-order valence-corrected chi connectivity index (χ4v) is 1.06. The second-order valence-electron chi connectivity index (χ2n) is 2.30. The summed E-state index contributed by atoms with van der Waals surface area (Å²) in [5.74, 6) is -0.673. The summed E-state index contributed by atoms with van der Waals surface area (Å²) in [6.45, 7) is -0.892. The topological polar surface area (TPSA) is 22.1 Å². The van der Waals surface area contributed by atoms with E-state index in [2.05, 4.69) is 25.7 Å². The third-order valence-electron chi connectivity index (χ3n) is 1.27. The van der Waals surface area contributed by atoms with Crippen molar-refractivity contribution in [3.05, 3.63) is 22.3 Å². The summed E-state index contributed by atoms with van der Waals surface area (Å²) in [6.07, 6.45) is -3.76. The molecule has 0 N–H and O–H groups in total. The zero-order chi connectivity index (χ0) is 10.8. The fourth-order valence-electron chi connectivity index (χ4n) is 0.735. The van der Waals surface area contributed by atoms with Crippen molar-refractivity contribution in [2.24, 2.45) is 0 Å². The standard InChI is InChI=1S/C7H4BrF4NO/c8-5-3-13-6(1-4(5)2-9)14-7(10,11)12/h1,3H,2H2. The molecule has 0 aliphatic heterocycles. The van der Waals surface area contributed by atoms with E-state index in [1.54, 1.807) is 0 Å². The van der Waals surface area contributed by atoms with Crippen LogP contribution in [0.2, 0.25) is 0 Å². The quantitative estimate of drug-likeness (QED) is 0.772. The number of hydrogen-bond donors (Lipinski definition) is 0. The summed E-state index contributed by atoms with van der Waals surface area (Å²) >= 11 is 2.93. The van der Waals surface area contributed by atoms with Crippen LogP contribution in [0.3, 0.4) is 0 Å². The van der Waals surface area contributed by atoms with Gasteiger partial charge >= 0.3 is 6.36 Å². The molecule has 1 aromatic heterocycles. The van der Waals surface area contributed by atoms with Crippen molar-refractivity contribution < 1.29 is 22.3 Å². The largest absolute Gasteiger partial charge is 0.574 e. The summed E-state index contributed by atoms with van der Waals surface area (Å²) in [4.78, 5) is 3.32. The smallest absolute Gasteiger partial charge is 0.388 e. The average Bonchev–Trinajstić information content (AvgIpc) is 2.06. The molecule has 0 amide bonds. The van der Waals surface area contributed by atoms with Gasteiger partial charge in [0.1, 0.15) is 6.67 Å². The van der Waals surface area contributed by atoms with Gasteiger partial charge < -0.3 is 4.74 Å². The molecule has 1 aromatic rings. The second-order valence-corrected chi connectivity index (χ2v) is 3.15. The highest BCUT2D eigenvalue weighted by atomic mass is 79.9. The Morgan fingerprint density at radius 1 is 1.43 bits per heavy atom. The van der Waals surface area contributed by atoms with Crippen molar-refractivity contribution in [2.75, 3.05) is 0 Å². The highest BCUT2D eigenvalue weighted by Crippen LogP contribution is 2.25. The Balaban J connectivity index is 2.90. The molecule has 14 heavy (non-hydrogen) atoms. The second kappa shape index (κ2) is 4.12. The number of alkyl halides is 4. The van der Waals surface area contributed by atoms with E-state index in [9.17, 15) is 17.6 Å². The predicted molar refractivity (Wildman–Crippen MR) is 43.4 cm³/mol. The highest BCUT2D eigenvalue weighted by Gasteiger charge is 2.31. The van der Waals surface area contributed by atoms with Gasteiger partial charge in [0.25, 0.3) is 0 Å². The first-order valence-electron chi connectivity index (χ1n) is 3.38. The Labute approximate surface area is 85.0 Å². The average molecular weight is 274 g/mol. The summed E-state index contributed by atoms with van der Waals surface area (Å²) < 4.78 is 51.1. The van der Waals surface area contributed by atoms with Gasteiger partial charge in [0, 0.05) is 22.3 Å². The van der Waals surface area contributed by atoms with Crippen molar-refractivity contribution in [3.8, 4) is 5.88 Å². The van der Waals surface area contributed by atoms with Crippen molar-refractivity contribution in [2.45, 2.75) is 13.0 Å². The molecule has 0 saturated carbocycles. The Morgan fingerprint density at radius 3 is 2.57 bits per heavy atom. The molecule has 1 rings (SSSR count). The van der Waals surface area contributed by atoms with Crippen LogP contribution in [0.15, 0.2) is 16.7 Å². The molecule has 78 valence electrons. The molecule has 2 nitrogen and oxygen atoms in total. The number of nitrogens with zero attached hydrogens (tertiary/aromatic N) is 1. The van der Waals surface area contributed by atoms with Crippen LogP contribution in [-0.2, 0) is 6.67 Å². The number of aromatic nitrogens is 1. The molecule has 0 bridgehead atoms. The lowest BCUT2D eigenvalue weighted by Crippen LogP contribution is -2.18. The lowest BCUT2D eigenvalue weighted by atomic mass is 10.3. The molecule has 0 saturated heterocycles. The third-order valence-corrected chi connectivity index (χ3v) is 1.99. The van der Waals surface area contributed by atoms with Crippen molar-refractivity contribution >= 4 is 15.9 Å². The molecular formula is C7H4BrF4NO. The molecule has 0 fully saturated rings. The van der Waals surface area contributed by atoms with Crippen LogP contribution < -0.4 is 4.74 Å². The van der Waals surface area contributed by atoms with Crippen LogP contribution in [0, 0.1) is 0 Å². The predicted octanol–water partition coefficient (Wildman–Crippen LogP) is 3.21. The minimum absolute atomic E-state index is 0.0549. The highest BCUT2D eigenvalue weighted by molar-refractivity contribution is 9.10. The van der Waals surface area contributed by atoms with E-state index in [0.29, 0.717) is 4.47 Å². The van der Waals surface area contributed by atoms with Crippen molar-refractivity contribution in [3.63, 3.8) is 0 Å². The van der Waals surface area contributed by atoms with Gasteiger partial charge in [0.2, 0.25) is 5.88 Å². The van der Waals surface area contributed by atoms with Gasteiger partial charge in [-0.15, -0.1) is 13.2 Å². The van der Waals surface area contributed by atoms with E-state index in [1.165, 1.54) is 0 Å². The van der Waals surface area contributed by atoms with Gasteiger partial charge in [-0.05, 0) is 15.9 Å². The molecule has 0 aliphatic carbocycles. The maximum Gasteiger partial charge on any atom is 0.574 e. The van der Waals surface area contributed by atoms with E-state index in [-0.39, 0.29) is 5.56 Å². The van der Waals surface area contributed by atoms with Crippen LogP contribution in [0.25, 0.3) is 0 Å². The summed E-state index contributed by atoms with van der Waals surface area (Å²) in [5.41, 5.74) is 0.0549. The van der Waals surface area contributed by atoms with Gasteiger partial charge in [-0.3, -0.25) is 0 Å². The van der Waals surface area contributed by atoms with Crippen LogP contribution in [0.5, 0.6) is 5.88 Å². The van der Waals surface area contributed by atoms with E-state index in [1.807, 2.05) is 0 Å². The maximum absolute atomic E-state index is 12.2. The molecular weight excluding hydrogens is 270 g/mol. The number of rotatable bonds is 2. The van der Waals surface area contributed by atoms with Gasteiger partial charge in [0.05, 0.1) is 0 Å². The molecule has 0 aromatic carbocycles. The third kappa shape index (κ3) is 3.13. The molecule has 0 unspecified atom stereocenters. The molecule has 0 radical (unpaired) electrons.